The summed E-state index contributed by atoms with van der Waals surface area (Å²) in [6, 6.07) is -0.363. The summed E-state index contributed by atoms with van der Waals surface area (Å²) in [4.78, 5) is 24.2. The maximum atomic E-state index is 12.2. The molecule has 1 aromatic rings. The van der Waals surface area contributed by atoms with Crippen molar-refractivity contribution in [1.82, 2.24) is 30.9 Å². The minimum absolute atomic E-state index is 0.225. The van der Waals surface area contributed by atoms with Crippen molar-refractivity contribution in [2.75, 3.05) is 13.1 Å². The molecule has 1 saturated heterocycles. The van der Waals surface area contributed by atoms with Crippen molar-refractivity contribution in [2.45, 2.75) is 58.2 Å². The van der Waals surface area contributed by atoms with Crippen LogP contribution < -0.4 is 16.0 Å². The van der Waals surface area contributed by atoms with E-state index < -0.39 is 6.04 Å². The molecule has 1 atom stereocenters. The number of nitrogens with zero attached hydrogens (tertiary/aromatic N) is 3. The number of carbonyl (C=O) groups excluding carboxylic acids is 2. The van der Waals surface area contributed by atoms with Gasteiger partial charge in [0, 0.05) is 5.54 Å². The van der Waals surface area contributed by atoms with E-state index >= 15 is 0 Å². The van der Waals surface area contributed by atoms with Gasteiger partial charge in [0.2, 0.25) is 5.91 Å². The highest BCUT2D eigenvalue weighted by molar-refractivity contribution is 5.95. The highest BCUT2D eigenvalue weighted by Crippen LogP contribution is 2.17. The third-order valence-corrected chi connectivity index (χ3v) is 3.66. The van der Waals surface area contributed by atoms with E-state index in [0.29, 0.717) is 0 Å². The fourth-order valence-corrected chi connectivity index (χ4v) is 2.44. The summed E-state index contributed by atoms with van der Waals surface area (Å²) < 4.78 is 1.75. The van der Waals surface area contributed by atoms with Crippen LogP contribution in [0, 0.1) is 0 Å². The monoisotopic (exact) mass is 322 g/mol. The van der Waals surface area contributed by atoms with Gasteiger partial charge in [-0.05, 0) is 53.6 Å². The zero-order valence-electron chi connectivity index (χ0n) is 14.2. The standard InChI is InChI=1S/C15H26N6O2/c1-10(13(22)18-15(2,3)4)17-14(23)12-9-21(20-19-12)11-5-7-16-8-6-11/h9-11,16H,5-8H2,1-4H3,(H,17,23)(H,18,22). The Hall–Kier alpha value is -1.96. The lowest BCUT2D eigenvalue weighted by Gasteiger charge is -2.23. The summed E-state index contributed by atoms with van der Waals surface area (Å²) in [6.07, 6.45) is 3.59. The van der Waals surface area contributed by atoms with Crippen LogP contribution in [0.1, 0.15) is 57.1 Å². The first-order valence-electron chi connectivity index (χ1n) is 8.02. The second kappa shape index (κ2) is 7.08. The fraction of sp³-hybridized carbons (Fsp3) is 0.733. The smallest absolute Gasteiger partial charge is 0.274 e. The van der Waals surface area contributed by atoms with E-state index in [1.54, 1.807) is 17.8 Å². The molecule has 2 rings (SSSR count). The van der Waals surface area contributed by atoms with E-state index in [4.69, 9.17) is 0 Å². The molecular formula is C15H26N6O2. The van der Waals surface area contributed by atoms with Crippen molar-refractivity contribution >= 4 is 11.8 Å². The Morgan fingerprint density at radius 2 is 2.00 bits per heavy atom. The van der Waals surface area contributed by atoms with Crippen LogP contribution >= 0.6 is 0 Å². The predicted molar refractivity (Wildman–Crippen MR) is 86.0 cm³/mol. The highest BCUT2D eigenvalue weighted by atomic mass is 16.2. The van der Waals surface area contributed by atoms with Gasteiger partial charge in [-0.2, -0.15) is 0 Å². The number of aromatic nitrogens is 3. The maximum absolute atomic E-state index is 12.2. The number of amides is 2. The van der Waals surface area contributed by atoms with Gasteiger partial charge >= 0.3 is 0 Å². The predicted octanol–water partition coefficient (Wildman–Crippen LogP) is 0.236. The lowest BCUT2D eigenvalue weighted by molar-refractivity contribution is -0.124. The highest BCUT2D eigenvalue weighted by Gasteiger charge is 2.23. The Morgan fingerprint density at radius 1 is 1.35 bits per heavy atom. The van der Waals surface area contributed by atoms with Gasteiger partial charge in [-0.15, -0.1) is 5.10 Å². The first-order valence-corrected chi connectivity index (χ1v) is 8.02. The number of carbonyl (C=O) groups is 2. The van der Waals surface area contributed by atoms with E-state index in [1.807, 2.05) is 20.8 Å². The number of hydrogen-bond donors (Lipinski definition) is 3. The van der Waals surface area contributed by atoms with Crippen LogP contribution in [0.3, 0.4) is 0 Å². The van der Waals surface area contributed by atoms with Crippen LogP contribution in [-0.4, -0.2) is 51.5 Å². The summed E-state index contributed by atoms with van der Waals surface area (Å²) in [5.74, 6) is -0.613. The normalized spacial score (nSPS) is 17.6. The third-order valence-electron chi connectivity index (χ3n) is 3.66. The minimum Gasteiger partial charge on any atom is -0.350 e. The molecule has 0 aliphatic carbocycles. The molecule has 0 bridgehead atoms. The van der Waals surface area contributed by atoms with Gasteiger partial charge in [0.15, 0.2) is 5.69 Å². The van der Waals surface area contributed by atoms with Crippen LogP contribution in [-0.2, 0) is 4.79 Å². The number of nitrogens with one attached hydrogen (secondary N) is 3. The Bertz CT molecular complexity index is 557. The van der Waals surface area contributed by atoms with Crippen LogP contribution in [0.2, 0.25) is 0 Å². The second-order valence-electron chi connectivity index (χ2n) is 7.00. The van der Waals surface area contributed by atoms with E-state index in [2.05, 4.69) is 26.3 Å². The molecule has 3 N–H and O–H groups in total. The summed E-state index contributed by atoms with van der Waals surface area (Å²) in [6.45, 7) is 9.21. The van der Waals surface area contributed by atoms with E-state index in [9.17, 15) is 9.59 Å². The van der Waals surface area contributed by atoms with Gasteiger partial charge in [-0.25, -0.2) is 4.68 Å². The molecule has 128 valence electrons. The lowest BCUT2D eigenvalue weighted by Crippen LogP contribution is -2.50. The van der Waals surface area contributed by atoms with E-state index in [1.165, 1.54) is 0 Å². The van der Waals surface area contributed by atoms with Crippen molar-refractivity contribution < 1.29 is 9.59 Å². The van der Waals surface area contributed by atoms with Crippen LogP contribution in [0.25, 0.3) is 0 Å². The van der Waals surface area contributed by atoms with Gasteiger partial charge in [-0.3, -0.25) is 9.59 Å². The van der Waals surface area contributed by atoms with E-state index in [0.717, 1.165) is 25.9 Å². The molecule has 2 heterocycles. The average molecular weight is 322 g/mol. The Kier molecular flexibility index (Phi) is 5.35. The first-order chi connectivity index (χ1) is 10.8. The topological polar surface area (TPSA) is 101 Å². The zero-order chi connectivity index (χ0) is 17.0. The van der Waals surface area contributed by atoms with Crippen molar-refractivity contribution in [1.29, 1.82) is 0 Å². The number of piperidine rings is 1. The van der Waals surface area contributed by atoms with Crippen molar-refractivity contribution in [3.8, 4) is 0 Å². The molecule has 0 radical (unpaired) electrons. The Morgan fingerprint density at radius 3 is 2.61 bits per heavy atom. The van der Waals surface area contributed by atoms with Crippen LogP contribution in [0.15, 0.2) is 6.20 Å². The van der Waals surface area contributed by atoms with Crippen LogP contribution in [0.4, 0.5) is 0 Å². The molecule has 8 nitrogen and oxygen atoms in total. The molecule has 23 heavy (non-hydrogen) atoms. The van der Waals surface area contributed by atoms with E-state index in [-0.39, 0.29) is 29.1 Å². The zero-order valence-corrected chi connectivity index (χ0v) is 14.2. The SMILES string of the molecule is CC(NC(=O)c1cn(C2CCNCC2)nn1)C(=O)NC(C)(C)C. The molecular weight excluding hydrogens is 296 g/mol. The molecule has 2 amide bonds. The molecule has 1 aliphatic heterocycles. The summed E-state index contributed by atoms with van der Waals surface area (Å²) in [5.41, 5.74) is -0.104. The average Bonchev–Trinajstić information content (AvgIpc) is 2.96. The number of rotatable bonds is 4. The van der Waals surface area contributed by atoms with Gasteiger partial charge in [0.25, 0.3) is 5.91 Å². The molecule has 1 unspecified atom stereocenters. The Labute approximate surface area is 136 Å². The number of hydrogen-bond acceptors (Lipinski definition) is 5. The first kappa shape index (κ1) is 17.4. The quantitative estimate of drug-likeness (QED) is 0.737. The Balaban J connectivity index is 1.93. The molecule has 1 aliphatic rings. The lowest BCUT2D eigenvalue weighted by atomic mass is 10.1. The molecule has 1 aromatic heterocycles. The minimum atomic E-state index is -0.634. The second-order valence-corrected chi connectivity index (χ2v) is 7.00. The van der Waals surface area contributed by atoms with Gasteiger partial charge in [0.05, 0.1) is 12.2 Å². The largest absolute Gasteiger partial charge is 0.350 e. The molecule has 0 saturated carbocycles. The molecule has 8 heteroatoms. The fourth-order valence-electron chi connectivity index (χ4n) is 2.44. The third kappa shape index (κ3) is 5.02. The maximum Gasteiger partial charge on any atom is 0.274 e. The van der Waals surface area contributed by atoms with Gasteiger partial charge in [-0.1, -0.05) is 5.21 Å². The van der Waals surface area contributed by atoms with Gasteiger partial charge < -0.3 is 16.0 Å². The molecule has 1 fully saturated rings. The van der Waals surface area contributed by atoms with Gasteiger partial charge in [0.1, 0.15) is 6.04 Å². The van der Waals surface area contributed by atoms with Crippen molar-refractivity contribution in [2.24, 2.45) is 0 Å². The molecule has 0 spiro atoms. The van der Waals surface area contributed by atoms with Crippen molar-refractivity contribution in [3.63, 3.8) is 0 Å². The van der Waals surface area contributed by atoms with Crippen LogP contribution in [0.5, 0.6) is 0 Å². The molecule has 0 aromatic carbocycles. The summed E-state index contributed by atoms with van der Waals surface area (Å²) in [7, 11) is 0. The summed E-state index contributed by atoms with van der Waals surface area (Å²) in [5, 5.41) is 16.7. The van der Waals surface area contributed by atoms with Crippen molar-refractivity contribution in [3.05, 3.63) is 11.9 Å². The summed E-state index contributed by atoms with van der Waals surface area (Å²) >= 11 is 0.